The first-order valence-corrected chi connectivity index (χ1v) is 9.94. The predicted molar refractivity (Wildman–Crippen MR) is 115 cm³/mol. The first-order chi connectivity index (χ1) is 15.5. The lowest BCUT2D eigenvalue weighted by molar-refractivity contribution is -0.129. The topological polar surface area (TPSA) is 57.1 Å². The molecule has 0 saturated heterocycles. The van der Waals surface area contributed by atoms with E-state index in [1.165, 1.54) is 30.3 Å². The fraction of sp³-hybridized carbons (Fsp3) is 0.120. The van der Waals surface area contributed by atoms with E-state index in [1.54, 1.807) is 42.5 Å². The quantitative estimate of drug-likeness (QED) is 0.374. The summed E-state index contributed by atoms with van der Waals surface area (Å²) in [5, 5.41) is 0. The number of rotatable bonds is 7. The van der Waals surface area contributed by atoms with Crippen LogP contribution in [0.4, 0.5) is 8.78 Å². The zero-order chi connectivity index (χ0) is 22.5. The maximum atomic E-state index is 13.5. The third-order valence-electron chi connectivity index (χ3n) is 4.55. The minimum atomic E-state index is -0.631. The summed E-state index contributed by atoms with van der Waals surface area (Å²) in [6.45, 7) is 2.41. The number of hydrogen-bond donors (Lipinski definition) is 0. The lowest BCUT2D eigenvalue weighted by Crippen LogP contribution is -2.05. The van der Waals surface area contributed by atoms with E-state index in [2.05, 4.69) is 4.99 Å². The molecule has 5 nitrogen and oxygen atoms in total. The van der Waals surface area contributed by atoms with Gasteiger partial charge in [0.15, 0.2) is 17.2 Å². The average Bonchev–Trinajstić information content (AvgIpc) is 3.14. The zero-order valence-electron chi connectivity index (χ0n) is 17.2. The Bertz CT molecular complexity index is 1220. The Labute approximate surface area is 183 Å². The Balaban J connectivity index is 1.56. The van der Waals surface area contributed by atoms with Gasteiger partial charge in [0.05, 0.1) is 6.61 Å². The summed E-state index contributed by atoms with van der Waals surface area (Å²) in [6, 6.07) is 17.0. The number of aliphatic imine (C=N–C) groups is 1. The van der Waals surface area contributed by atoms with Gasteiger partial charge in [-0.3, -0.25) is 0 Å². The molecule has 7 heteroatoms. The fourth-order valence-corrected chi connectivity index (χ4v) is 3.10. The Morgan fingerprint density at radius 3 is 2.47 bits per heavy atom. The molecule has 4 rings (SSSR count). The molecular formula is C25H19F2NO4. The monoisotopic (exact) mass is 435 g/mol. The van der Waals surface area contributed by atoms with Gasteiger partial charge in [0, 0.05) is 5.56 Å². The van der Waals surface area contributed by atoms with Crippen LogP contribution in [-0.4, -0.2) is 18.5 Å². The average molecular weight is 435 g/mol. The molecule has 0 aliphatic carbocycles. The van der Waals surface area contributed by atoms with Crippen LogP contribution in [0.15, 0.2) is 77.4 Å². The second-order valence-corrected chi connectivity index (χ2v) is 6.90. The van der Waals surface area contributed by atoms with Gasteiger partial charge in [-0.15, -0.1) is 0 Å². The van der Waals surface area contributed by atoms with Crippen molar-refractivity contribution >= 4 is 17.9 Å². The van der Waals surface area contributed by atoms with Crippen LogP contribution in [0.5, 0.6) is 11.5 Å². The Morgan fingerprint density at radius 2 is 1.72 bits per heavy atom. The number of hydrogen-bond acceptors (Lipinski definition) is 5. The van der Waals surface area contributed by atoms with Gasteiger partial charge >= 0.3 is 5.97 Å². The van der Waals surface area contributed by atoms with Crippen LogP contribution in [0.3, 0.4) is 0 Å². The minimum Gasteiger partial charge on any atom is -0.490 e. The van der Waals surface area contributed by atoms with E-state index < -0.39 is 11.8 Å². The van der Waals surface area contributed by atoms with Crippen molar-refractivity contribution in [2.24, 2.45) is 4.99 Å². The van der Waals surface area contributed by atoms with Gasteiger partial charge in [-0.2, -0.15) is 0 Å². The summed E-state index contributed by atoms with van der Waals surface area (Å²) in [4.78, 5) is 16.4. The van der Waals surface area contributed by atoms with Gasteiger partial charge in [0.1, 0.15) is 18.2 Å². The van der Waals surface area contributed by atoms with E-state index in [0.717, 1.165) is 0 Å². The number of ether oxygens (including phenoxy) is 3. The summed E-state index contributed by atoms with van der Waals surface area (Å²) in [7, 11) is 0. The highest BCUT2D eigenvalue weighted by molar-refractivity contribution is 6.12. The molecule has 0 amide bonds. The van der Waals surface area contributed by atoms with E-state index in [4.69, 9.17) is 14.2 Å². The fourth-order valence-electron chi connectivity index (χ4n) is 3.10. The molecule has 1 aliphatic rings. The van der Waals surface area contributed by atoms with Gasteiger partial charge in [-0.05, 0) is 66.6 Å². The van der Waals surface area contributed by atoms with Crippen molar-refractivity contribution in [1.82, 2.24) is 0 Å². The van der Waals surface area contributed by atoms with Crippen molar-refractivity contribution in [1.29, 1.82) is 0 Å². The van der Waals surface area contributed by atoms with Crippen LogP contribution in [0.25, 0.3) is 6.08 Å². The van der Waals surface area contributed by atoms with Gasteiger partial charge < -0.3 is 14.2 Å². The van der Waals surface area contributed by atoms with Crippen molar-refractivity contribution < 1.29 is 27.8 Å². The van der Waals surface area contributed by atoms with Crippen molar-refractivity contribution in [3.8, 4) is 11.5 Å². The molecule has 1 heterocycles. The number of nitrogens with zero attached hydrogens (tertiary/aromatic N) is 1. The molecular weight excluding hydrogens is 416 g/mol. The van der Waals surface area contributed by atoms with Crippen LogP contribution in [0, 0.1) is 11.6 Å². The number of carbonyl (C=O) groups excluding carboxylic acids is 1. The highest BCUT2D eigenvalue weighted by Crippen LogP contribution is 2.31. The minimum absolute atomic E-state index is 0.0424. The number of carbonyl (C=O) groups is 1. The molecule has 0 bridgehead atoms. The zero-order valence-corrected chi connectivity index (χ0v) is 17.2. The van der Waals surface area contributed by atoms with Gasteiger partial charge in [0.2, 0.25) is 5.90 Å². The number of halogens is 2. The molecule has 0 N–H and O–H groups in total. The molecule has 162 valence electrons. The molecule has 0 aromatic heterocycles. The first kappa shape index (κ1) is 21.2. The lowest BCUT2D eigenvalue weighted by atomic mass is 10.1. The summed E-state index contributed by atoms with van der Waals surface area (Å²) < 4.78 is 43.5. The third kappa shape index (κ3) is 5.00. The van der Waals surface area contributed by atoms with Gasteiger partial charge in [0.25, 0.3) is 0 Å². The van der Waals surface area contributed by atoms with E-state index in [0.29, 0.717) is 34.8 Å². The number of benzene rings is 3. The molecule has 0 fully saturated rings. The number of esters is 1. The molecule has 0 unspecified atom stereocenters. The molecule has 0 radical (unpaired) electrons. The van der Waals surface area contributed by atoms with E-state index in [1.807, 2.05) is 6.92 Å². The van der Waals surface area contributed by atoms with E-state index >= 15 is 0 Å². The van der Waals surface area contributed by atoms with Crippen LogP contribution in [0.1, 0.15) is 23.6 Å². The Morgan fingerprint density at radius 1 is 0.938 bits per heavy atom. The largest absolute Gasteiger partial charge is 0.490 e. The van der Waals surface area contributed by atoms with Gasteiger partial charge in [-0.25, -0.2) is 18.6 Å². The van der Waals surface area contributed by atoms with Gasteiger partial charge in [-0.1, -0.05) is 24.3 Å². The van der Waals surface area contributed by atoms with Crippen LogP contribution in [0.2, 0.25) is 0 Å². The molecule has 1 aliphatic heterocycles. The highest BCUT2D eigenvalue weighted by Gasteiger charge is 2.24. The normalized spacial score (nSPS) is 14.3. The maximum Gasteiger partial charge on any atom is 0.363 e. The summed E-state index contributed by atoms with van der Waals surface area (Å²) >= 11 is 0. The summed E-state index contributed by atoms with van der Waals surface area (Å²) in [5.41, 5.74) is 1.78. The molecule has 3 aromatic carbocycles. The first-order valence-electron chi connectivity index (χ1n) is 9.94. The Hall–Kier alpha value is -4.00. The second-order valence-electron chi connectivity index (χ2n) is 6.90. The smallest absolute Gasteiger partial charge is 0.363 e. The molecule has 0 spiro atoms. The van der Waals surface area contributed by atoms with E-state index in [9.17, 15) is 13.6 Å². The summed E-state index contributed by atoms with van der Waals surface area (Å²) in [5.74, 6) is -0.418. The molecule has 0 atom stereocenters. The van der Waals surface area contributed by atoms with E-state index in [-0.39, 0.29) is 24.0 Å². The predicted octanol–water partition coefficient (Wildman–Crippen LogP) is 5.29. The third-order valence-corrected chi connectivity index (χ3v) is 4.55. The lowest BCUT2D eigenvalue weighted by Gasteiger charge is -2.13. The van der Waals surface area contributed by atoms with Crippen molar-refractivity contribution in [2.75, 3.05) is 6.61 Å². The molecule has 32 heavy (non-hydrogen) atoms. The maximum absolute atomic E-state index is 13.5. The SMILES string of the molecule is CCOc1cc(/C=C2\N=C(c3cccc(F)c3)OC2=O)ccc1OCc1cccc(F)c1. The van der Waals surface area contributed by atoms with Crippen LogP contribution >= 0.6 is 0 Å². The summed E-state index contributed by atoms with van der Waals surface area (Å²) in [6.07, 6.45) is 1.55. The Kier molecular flexibility index (Phi) is 6.26. The van der Waals surface area contributed by atoms with Crippen molar-refractivity contribution in [3.05, 3.63) is 101 Å². The molecule has 0 saturated carbocycles. The van der Waals surface area contributed by atoms with Crippen LogP contribution < -0.4 is 9.47 Å². The van der Waals surface area contributed by atoms with Crippen molar-refractivity contribution in [3.63, 3.8) is 0 Å². The second kappa shape index (κ2) is 9.43. The van der Waals surface area contributed by atoms with Crippen molar-refractivity contribution in [2.45, 2.75) is 13.5 Å². The molecule has 3 aromatic rings. The standard InChI is InChI=1S/C25H19F2NO4/c1-2-30-23-13-16(9-10-22(23)31-15-17-5-3-7-19(26)11-17)12-21-25(29)32-24(28-21)18-6-4-8-20(27)14-18/h3-14H,2,15H2,1H3/b21-12-. The number of cyclic esters (lactones) is 1. The van der Waals surface area contributed by atoms with Crippen LogP contribution in [-0.2, 0) is 16.1 Å². The highest BCUT2D eigenvalue weighted by atomic mass is 19.1.